The molecule has 0 spiro atoms. The summed E-state index contributed by atoms with van der Waals surface area (Å²) >= 11 is 0. The van der Waals surface area contributed by atoms with E-state index in [2.05, 4.69) is 10.3 Å². The van der Waals surface area contributed by atoms with Gasteiger partial charge in [-0.2, -0.15) is 0 Å². The summed E-state index contributed by atoms with van der Waals surface area (Å²) in [5, 5.41) is 15.0. The SMILES string of the molecule is CCOC(CNc1ccc([N+](=O)[O-])c2cccnc12)c1ccccc1. The molecule has 3 aromatic rings. The number of pyridine rings is 1. The average Bonchev–Trinajstić information content (AvgIpc) is 2.65. The number of nitro groups is 1. The zero-order valence-electron chi connectivity index (χ0n) is 13.9. The van der Waals surface area contributed by atoms with Crippen molar-refractivity contribution < 1.29 is 9.66 Å². The van der Waals surface area contributed by atoms with Gasteiger partial charge in [-0.1, -0.05) is 30.3 Å². The van der Waals surface area contributed by atoms with Gasteiger partial charge in [0, 0.05) is 25.4 Å². The third-order valence-corrected chi connectivity index (χ3v) is 3.96. The van der Waals surface area contributed by atoms with Gasteiger partial charge < -0.3 is 10.1 Å². The number of nitrogens with zero attached hydrogens (tertiary/aromatic N) is 2. The van der Waals surface area contributed by atoms with Crippen molar-refractivity contribution in [3.8, 4) is 0 Å². The van der Waals surface area contributed by atoms with Gasteiger partial charge >= 0.3 is 0 Å². The van der Waals surface area contributed by atoms with Crippen LogP contribution in [0.3, 0.4) is 0 Å². The number of aromatic nitrogens is 1. The highest BCUT2D eigenvalue weighted by molar-refractivity contribution is 5.96. The summed E-state index contributed by atoms with van der Waals surface area (Å²) in [6.07, 6.45) is 1.52. The molecular weight excluding hydrogens is 318 g/mol. The molecular formula is C19H19N3O3. The maximum absolute atomic E-state index is 11.2. The van der Waals surface area contributed by atoms with Crippen LogP contribution >= 0.6 is 0 Å². The summed E-state index contributed by atoms with van der Waals surface area (Å²) < 4.78 is 5.83. The van der Waals surface area contributed by atoms with Crippen molar-refractivity contribution in [1.82, 2.24) is 4.98 Å². The van der Waals surface area contributed by atoms with E-state index in [0.29, 0.717) is 24.1 Å². The third-order valence-electron chi connectivity index (χ3n) is 3.96. The van der Waals surface area contributed by atoms with Gasteiger partial charge in [0.1, 0.15) is 5.52 Å². The smallest absolute Gasteiger partial charge is 0.278 e. The molecule has 2 aromatic carbocycles. The summed E-state index contributed by atoms with van der Waals surface area (Å²) in [6, 6.07) is 16.6. The van der Waals surface area contributed by atoms with Gasteiger partial charge in [0.2, 0.25) is 0 Å². The van der Waals surface area contributed by atoms with E-state index in [1.54, 1.807) is 24.4 Å². The largest absolute Gasteiger partial charge is 0.380 e. The predicted molar refractivity (Wildman–Crippen MR) is 97.7 cm³/mol. The van der Waals surface area contributed by atoms with Crippen LogP contribution in [-0.4, -0.2) is 23.1 Å². The van der Waals surface area contributed by atoms with E-state index in [4.69, 9.17) is 4.74 Å². The molecule has 128 valence electrons. The Bertz CT molecular complexity index is 868. The molecule has 0 saturated carbocycles. The Hall–Kier alpha value is -2.99. The van der Waals surface area contributed by atoms with Crippen LogP contribution in [0.25, 0.3) is 10.9 Å². The minimum Gasteiger partial charge on any atom is -0.380 e. The molecule has 1 unspecified atom stereocenters. The van der Waals surface area contributed by atoms with Gasteiger partial charge in [-0.05, 0) is 30.7 Å². The molecule has 0 aliphatic carbocycles. The van der Waals surface area contributed by atoms with Crippen molar-refractivity contribution in [3.05, 3.63) is 76.5 Å². The minimum atomic E-state index is -0.388. The molecule has 0 aliphatic heterocycles. The first-order valence-electron chi connectivity index (χ1n) is 8.13. The average molecular weight is 337 g/mol. The van der Waals surface area contributed by atoms with E-state index >= 15 is 0 Å². The maximum atomic E-state index is 11.2. The molecule has 25 heavy (non-hydrogen) atoms. The number of rotatable bonds is 7. The van der Waals surface area contributed by atoms with Crippen LogP contribution < -0.4 is 5.32 Å². The third kappa shape index (κ3) is 3.75. The Morgan fingerprint density at radius 2 is 1.96 bits per heavy atom. The maximum Gasteiger partial charge on any atom is 0.278 e. The lowest BCUT2D eigenvalue weighted by molar-refractivity contribution is -0.383. The minimum absolute atomic E-state index is 0.0538. The molecule has 3 rings (SSSR count). The zero-order valence-corrected chi connectivity index (χ0v) is 13.9. The second kappa shape index (κ2) is 7.72. The summed E-state index contributed by atoms with van der Waals surface area (Å²) in [5.74, 6) is 0. The fourth-order valence-electron chi connectivity index (χ4n) is 2.80. The van der Waals surface area contributed by atoms with Gasteiger partial charge in [-0.15, -0.1) is 0 Å². The Morgan fingerprint density at radius 3 is 2.68 bits per heavy atom. The van der Waals surface area contributed by atoms with Crippen molar-refractivity contribution in [2.24, 2.45) is 0 Å². The molecule has 0 amide bonds. The van der Waals surface area contributed by atoms with E-state index in [1.807, 2.05) is 37.3 Å². The molecule has 0 bridgehead atoms. The lowest BCUT2D eigenvalue weighted by Gasteiger charge is -2.19. The van der Waals surface area contributed by atoms with Crippen LogP contribution in [0.2, 0.25) is 0 Å². The number of fused-ring (bicyclic) bond motifs is 1. The van der Waals surface area contributed by atoms with Crippen molar-refractivity contribution in [1.29, 1.82) is 0 Å². The fraction of sp³-hybridized carbons (Fsp3) is 0.211. The Labute approximate surface area is 145 Å². The van der Waals surface area contributed by atoms with Crippen LogP contribution in [0.15, 0.2) is 60.8 Å². The fourth-order valence-corrected chi connectivity index (χ4v) is 2.80. The molecule has 1 heterocycles. The number of nitrogens with one attached hydrogen (secondary N) is 1. The number of hydrogen-bond donors (Lipinski definition) is 1. The highest BCUT2D eigenvalue weighted by atomic mass is 16.6. The zero-order chi connectivity index (χ0) is 17.6. The first-order chi connectivity index (χ1) is 12.2. The van der Waals surface area contributed by atoms with E-state index in [1.165, 1.54) is 6.07 Å². The molecule has 0 saturated heterocycles. The van der Waals surface area contributed by atoms with Crippen LogP contribution in [0.4, 0.5) is 11.4 Å². The summed E-state index contributed by atoms with van der Waals surface area (Å²) in [5.41, 5.74) is 2.47. The molecule has 0 fully saturated rings. The highest BCUT2D eigenvalue weighted by Crippen LogP contribution is 2.30. The van der Waals surface area contributed by atoms with Crippen LogP contribution in [0, 0.1) is 10.1 Å². The number of nitro benzene ring substituents is 1. The standard InChI is InChI=1S/C19H19N3O3/c1-2-25-18(14-7-4-3-5-8-14)13-21-16-10-11-17(22(23)24)15-9-6-12-20-19(15)16/h3-12,18,21H,2,13H2,1H3. The number of hydrogen-bond acceptors (Lipinski definition) is 5. The van der Waals surface area contributed by atoms with E-state index in [0.717, 1.165) is 11.3 Å². The molecule has 0 aliphatic rings. The lowest BCUT2D eigenvalue weighted by atomic mass is 10.1. The van der Waals surface area contributed by atoms with Crippen LogP contribution in [-0.2, 0) is 4.74 Å². The first kappa shape index (κ1) is 16.9. The van der Waals surface area contributed by atoms with Gasteiger partial charge in [0.05, 0.1) is 22.1 Å². The number of benzene rings is 2. The van der Waals surface area contributed by atoms with Crippen molar-refractivity contribution in [2.75, 3.05) is 18.5 Å². The highest BCUT2D eigenvalue weighted by Gasteiger charge is 2.16. The van der Waals surface area contributed by atoms with Gasteiger partial charge in [-0.25, -0.2) is 0 Å². The number of ether oxygens (including phenoxy) is 1. The summed E-state index contributed by atoms with van der Waals surface area (Å²) in [7, 11) is 0. The molecule has 1 aromatic heterocycles. The van der Waals surface area contributed by atoms with Crippen LogP contribution in [0.1, 0.15) is 18.6 Å². The van der Waals surface area contributed by atoms with E-state index in [-0.39, 0.29) is 16.7 Å². The molecule has 1 N–H and O–H groups in total. The molecule has 6 heteroatoms. The first-order valence-corrected chi connectivity index (χ1v) is 8.13. The summed E-state index contributed by atoms with van der Waals surface area (Å²) in [6.45, 7) is 3.10. The van der Waals surface area contributed by atoms with Gasteiger partial charge in [0.15, 0.2) is 0 Å². The second-order valence-electron chi connectivity index (χ2n) is 5.52. The van der Waals surface area contributed by atoms with Gasteiger partial charge in [-0.3, -0.25) is 15.1 Å². The Balaban J connectivity index is 1.87. The lowest BCUT2D eigenvalue weighted by Crippen LogP contribution is -2.16. The normalized spacial score (nSPS) is 12.0. The molecule has 6 nitrogen and oxygen atoms in total. The topological polar surface area (TPSA) is 77.3 Å². The monoisotopic (exact) mass is 337 g/mol. The van der Waals surface area contributed by atoms with E-state index < -0.39 is 0 Å². The molecule has 0 radical (unpaired) electrons. The van der Waals surface area contributed by atoms with Crippen molar-refractivity contribution >= 4 is 22.3 Å². The predicted octanol–water partition coefficient (Wildman–Crippen LogP) is 4.33. The Morgan fingerprint density at radius 1 is 1.16 bits per heavy atom. The van der Waals surface area contributed by atoms with Crippen molar-refractivity contribution in [2.45, 2.75) is 13.0 Å². The van der Waals surface area contributed by atoms with E-state index in [9.17, 15) is 10.1 Å². The van der Waals surface area contributed by atoms with Crippen LogP contribution in [0.5, 0.6) is 0 Å². The quantitative estimate of drug-likeness (QED) is 0.513. The summed E-state index contributed by atoms with van der Waals surface area (Å²) in [4.78, 5) is 15.1. The Kier molecular flexibility index (Phi) is 5.20. The number of non-ortho nitro benzene ring substituents is 1. The number of anilines is 1. The molecule has 1 atom stereocenters. The second-order valence-corrected chi connectivity index (χ2v) is 5.52. The van der Waals surface area contributed by atoms with Crippen molar-refractivity contribution in [3.63, 3.8) is 0 Å². The van der Waals surface area contributed by atoms with Gasteiger partial charge in [0.25, 0.3) is 5.69 Å².